The molecule has 1 aliphatic heterocycles. The Morgan fingerprint density at radius 1 is 1.04 bits per heavy atom. The third-order valence-corrected chi connectivity index (χ3v) is 4.65. The number of carbonyl (C=O) groups excluding carboxylic acids is 2. The number of hydrogen-bond donors (Lipinski definition) is 1. The first kappa shape index (κ1) is 18.0. The number of unbranched alkanes of at least 4 members (excludes halogenated alkanes) is 1. The van der Waals surface area contributed by atoms with Gasteiger partial charge in [-0.25, -0.2) is 13.6 Å². The van der Waals surface area contributed by atoms with Gasteiger partial charge in [-0.1, -0.05) is 44.0 Å². The number of amides is 3. The Hall–Kier alpha value is -2.76. The van der Waals surface area contributed by atoms with Crippen LogP contribution in [0.15, 0.2) is 48.5 Å². The van der Waals surface area contributed by atoms with Crippen molar-refractivity contribution in [2.24, 2.45) is 0 Å². The van der Waals surface area contributed by atoms with Gasteiger partial charge in [0.25, 0.3) is 5.91 Å². The Morgan fingerprint density at radius 2 is 1.77 bits per heavy atom. The minimum atomic E-state index is -1.21. The number of nitrogens with zero attached hydrogens (tertiary/aromatic N) is 1. The van der Waals surface area contributed by atoms with Crippen LogP contribution in [0.2, 0.25) is 0 Å². The van der Waals surface area contributed by atoms with Crippen LogP contribution in [-0.2, 0) is 16.9 Å². The third-order valence-electron chi connectivity index (χ3n) is 4.65. The molecule has 1 unspecified atom stereocenters. The molecule has 1 aliphatic rings. The predicted molar refractivity (Wildman–Crippen MR) is 93.1 cm³/mol. The normalized spacial score (nSPS) is 19.7. The summed E-state index contributed by atoms with van der Waals surface area (Å²) in [4.78, 5) is 26.8. The van der Waals surface area contributed by atoms with Gasteiger partial charge in [-0.15, -0.1) is 0 Å². The first-order valence-electron chi connectivity index (χ1n) is 8.61. The molecule has 2 aromatic rings. The van der Waals surface area contributed by atoms with E-state index in [1.165, 1.54) is 42.5 Å². The molecule has 3 amide bonds. The van der Waals surface area contributed by atoms with Gasteiger partial charge in [0.1, 0.15) is 17.2 Å². The lowest BCUT2D eigenvalue weighted by molar-refractivity contribution is -0.132. The molecule has 2 aromatic carbocycles. The number of carbonyl (C=O) groups is 2. The molecule has 0 spiro atoms. The average molecular weight is 358 g/mol. The number of halogens is 2. The van der Waals surface area contributed by atoms with Crippen LogP contribution in [0.4, 0.5) is 13.6 Å². The Labute approximate surface area is 150 Å². The van der Waals surface area contributed by atoms with E-state index < -0.39 is 29.1 Å². The lowest BCUT2D eigenvalue weighted by Gasteiger charge is -2.27. The zero-order valence-corrected chi connectivity index (χ0v) is 14.5. The van der Waals surface area contributed by atoms with Crippen molar-refractivity contribution >= 4 is 11.9 Å². The van der Waals surface area contributed by atoms with E-state index >= 15 is 0 Å². The van der Waals surface area contributed by atoms with Crippen LogP contribution in [0.3, 0.4) is 0 Å². The molecule has 136 valence electrons. The number of benzene rings is 2. The number of urea groups is 1. The number of hydrogen-bond acceptors (Lipinski definition) is 2. The van der Waals surface area contributed by atoms with Crippen molar-refractivity contribution in [3.63, 3.8) is 0 Å². The van der Waals surface area contributed by atoms with E-state index in [4.69, 9.17) is 0 Å². The Morgan fingerprint density at radius 3 is 2.42 bits per heavy atom. The molecule has 0 saturated carbocycles. The van der Waals surface area contributed by atoms with Crippen molar-refractivity contribution in [2.75, 3.05) is 0 Å². The molecule has 6 heteroatoms. The summed E-state index contributed by atoms with van der Waals surface area (Å²) in [6, 6.07) is 10.9. The third kappa shape index (κ3) is 3.31. The molecule has 0 radical (unpaired) electrons. The molecule has 3 rings (SSSR count). The molecule has 0 aromatic heterocycles. The topological polar surface area (TPSA) is 49.4 Å². The summed E-state index contributed by atoms with van der Waals surface area (Å²) in [7, 11) is 0. The van der Waals surface area contributed by atoms with Crippen molar-refractivity contribution < 1.29 is 18.4 Å². The Balaban J connectivity index is 1.94. The zero-order valence-electron chi connectivity index (χ0n) is 14.5. The van der Waals surface area contributed by atoms with Crippen LogP contribution >= 0.6 is 0 Å². The molecular weight excluding hydrogens is 338 g/mol. The first-order chi connectivity index (χ1) is 12.5. The zero-order chi connectivity index (χ0) is 18.7. The van der Waals surface area contributed by atoms with Gasteiger partial charge in [0.05, 0.1) is 6.54 Å². The predicted octanol–water partition coefficient (Wildman–Crippen LogP) is 4.10. The largest absolute Gasteiger partial charge is 0.325 e. The van der Waals surface area contributed by atoms with Crippen LogP contribution in [-0.4, -0.2) is 16.8 Å². The minimum Gasteiger partial charge on any atom is -0.319 e. The first-order valence-corrected chi connectivity index (χ1v) is 8.61. The maximum Gasteiger partial charge on any atom is 0.325 e. The molecule has 4 nitrogen and oxygen atoms in total. The molecular formula is C20H20F2N2O2. The van der Waals surface area contributed by atoms with Gasteiger partial charge in [-0.2, -0.15) is 0 Å². The van der Waals surface area contributed by atoms with Crippen LogP contribution in [0.1, 0.15) is 37.3 Å². The molecule has 26 heavy (non-hydrogen) atoms. The monoisotopic (exact) mass is 358 g/mol. The van der Waals surface area contributed by atoms with Crippen molar-refractivity contribution in [3.8, 4) is 0 Å². The summed E-state index contributed by atoms with van der Waals surface area (Å²) >= 11 is 0. The van der Waals surface area contributed by atoms with E-state index in [9.17, 15) is 18.4 Å². The molecule has 1 heterocycles. The van der Waals surface area contributed by atoms with Gasteiger partial charge in [0, 0.05) is 0 Å². The van der Waals surface area contributed by atoms with E-state index in [-0.39, 0.29) is 6.54 Å². The Kier molecular flexibility index (Phi) is 5.02. The standard InChI is InChI=1S/C20H20F2N2O2/c1-2-3-11-20(15-7-9-16(21)10-8-15)18(25)24(19(26)23-20)13-14-5-4-6-17(22)12-14/h4-10,12H,2-3,11,13H2,1H3,(H,23,26). The van der Waals surface area contributed by atoms with Crippen LogP contribution in [0.5, 0.6) is 0 Å². The van der Waals surface area contributed by atoms with E-state index in [1.54, 1.807) is 6.07 Å². The maximum atomic E-state index is 13.4. The maximum absolute atomic E-state index is 13.4. The molecule has 0 aliphatic carbocycles. The molecule has 1 saturated heterocycles. The van der Waals surface area contributed by atoms with Crippen LogP contribution in [0.25, 0.3) is 0 Å². The lowest BCUT2D eigenvalue weighted by Crippen LogP contribution is -2.44. The molecule has 0 bridgehead atoms. The number of nitrogens with one attached hydrogen (secondary N) is 1. The summed E-state index contributed by atoms with van der Waals surface area (Å²) in [5, 5.41) is 2.79. The quantitative estimate of drug-likeness (QED) is 0.791. The lowest BCUT2D eigenvalue weighted by atomic mass is 9.84. The molecule has 1 N–H and O–H groups in total. The summed E-state index contributed by atoms with van der Waals surface area (Å²) in [5.74, 6) is -1.23. The highest BCUT2D eigenvalue weighted by atomic mass is 19.1. The van der Waals surface area contributed by atoms with E-state index in [0.29, 0.717) is 17.5 Å². The number of rotatable bonds is 6. The highest BCUT2D eigenvalue weighted by Crippen LogP contribution is 2.35. The van der Waals surface area contributed by atoms with Gasteiger partial charge < -0.3 is 5.32 Å². The van der Waals surface area contributed by atoms with Gasteiger partial charge in [0.2, 0.25) is 0 Å². The molecule has 1 atom stereocenters. The van der Waals surface area contributed by atoms with E-state index in [1.807, 2.05) is 6.92 Å². The Bertz CT molecular complexity index is 823. The highest BCUT2D eigenvalue weighted by molar-refractivity contribution is 6.07. The summed E-state index contributed by atoms with van der Waals surface area (Å²) in [5.41, 5.74) is -0.139. The smallest absolute Gasteiger partial charge is 0.319 e. The summed E-state index contributed by atoms with van der Waals surface area (Å²) in [6.07, 6.45) is 1.98. The second-order valence-electron chi connectivity index (χ2n) is 6.47. The van der Waals surface area contributed by atoms with Crippen LogP contribution < -0.4 is 5.32 Å². The van der Waals surface area contributed by atoms with E-state index in [2.05, 4.69) is 5.32 Å². The van der Waals surface area contributed by atoms with Gasteiger partial charge in [-0.3, -0.25) is 9.69 Å². The second kappa shape index (κ2) is 7.23. The fourth-order valence-corrected chi connectivity index (χ4v) is 3.27. The highest BCUT2D eigenvalue weighted by Gasteiger charge is 2.51. The summed E-state index contributed by atoms with van der Waals surface area (Å²) in [6.45, 7) is 1.97. The van der Waals surface area contributed by atoms with E-state index in [0.717, 1.165) is 17.7 Å². The van der Waals surface area contributed by atoms with Crippen LogP contribution in [0, 0.1) is 11.6 Å². The van der Waals surface area contributed by atoms with Gasteiger partial charge >= 0.3 is 6.03 Å². The van der Waals surface area contributed by atoms with Crippen molar-refractivity contribution in [3.05, 3.63) is 71.3 Å². The number of imide groups is 1. The van der Waals surface area contributed by atoms with Gasteiger partial charge in [-0.05, 0) is 41.8 Å². The SMILES string of the molecule is CCCCC1(c2ccc(F)cc2)NC(=O)N(Cc2cccc(F)c2)C1=O. The summed E-state index contributed by atoms with van der Waals surface area (Å²) < 4.78 is 26.7. The van der Waals surface area contributed by atoms with Crippen molar-refractivity contribution in [2.45, 2.75) is 38.3 Å². The fourth-order valence-electron chi connectivity index (χ4n) is 3.27. The minimum absolute atomic E-state index is 0.0164. The van der Waals surface area contributed by atoms with Crippen molar-refractivity contribution in [1.29, 1.82) is 0 Å². The van der Waals surface area contributed by atoms with Gasteiger partial charge in [0.15, 0.2) is 0 Å². The van der Waals surface area contributed by atoms with Crippen molar-refractivity contribution in [1.82, 2.24) is 10.2 Å². The fraction of sp³-hybridized carbons (Fsp3) is 0.300. The average Bonchev–Trinajstić information content (AvgIpc) is 2.86. The second-order valence-corrected chi connectivity index (χ2v) is 6.47. The molecule has 1 fully saturated rings.